The zero-order valence-electron chi connectivity index (χ0n) is 12.1. The fraction of sp³-hybridized carbons (Fsp3) is 0.533. The topological polar surface area (TPSA) is 32.5 Å². The van der Waals surface area contributed by atoms with E-state index in [-0.39, 0.29) is 5.82 Å². The molecule has 0 aliphatic carbocycles. The standard InChI is InChI=1S/C15H22FN3S/c1-18-6-5-11(8-18)9-19(2)10-13-7-12(15(17)20)3-4-14(13)16/h3-4,7,11H,5-6,8-10H2,1-2H3,(H2,17,20). The third kappa shape index (κ3) is 3.98. The SMILES string of the molecule is CN1CCC(CN(C)Cc2cc(C(N)=S)ccc2F)C1. The van der Waals surface area contributed by atoms with Crippen LogP contribution in [0.15, 0.2) is 18.2 Å². The maximum Gasteiger partial charge on any atom is 0.127 e. The summed E-state index contributed by atoms with van der Waals surface area (Å²) in [4.78, 5) is 4.82. The van der Waals surface area contributed by atoms with Gasteiger partial charge in [0.05, 0.1) is 0 Å². The number of nitrogens with two attached hydrogens (primary N) is 1. The van der Waals surface area contributed by atoms with Gasteiger partial charge in [-0.15, -0.1) is 0 Å². The van der Waals surface area contributed by atoms with Crippen molar-refractivity contribution in [2.24, 2.45) is 11.7 Å². The Balaban J connectivity index is 1.98. The molecule has 5 heteroatoms. The van der Waals surface area contributed by atoms with Crippen molar-refractivity contribution in [1.29, 1.82) is 0 Å². The minimum absolute atomic E-state index is 0.194. The average molecular weight is 295 g/mol. The van der Waals surface area contributed by atoms with Gasteiger partial charge < -0.3 is 15.5 Å². The highest BCUT2D eigenvalue weighted by molar-refractivity contribution is 7.80. The number of nitrogens with zero attached hydrogens (tertiary/aromatic N) is 2. The molecule has 0 aromatic heterocycles. The summed E-state index contributed by atoms with van der Waals surface area (Å²) in [5.74, 6) is 0.479. The van der Waals surface area contributed by atoms with Crippen molar-refractivity contribution in [3.63, 3.8) is 0 Å². The van der Waals surface area contributed by atoms with Crippen LogP contribution in [0.3, 0.4) is 0 Å². The van der Waals surface area contributed by atoms with E-state index in [1.165, 1.54) is 12.5 Å². The fourth-order valence-electron chi connectivity index (χ4n) is 2.82. The summed E-state index contributed by atoms with van der Waals surface area (Å²) in [5, 5.41) is 0. The monoisotopic (exact) mass is 295 g/mol. The number of likely N-dealkylation sites (tertiary alicyclic amines) is 1. The Labute approximate surface area is 125 Å². The predicted octanol–water partition coefficient (Wildman–Crippen LogP) is 1.84. The minimum Gasteiger partial charge on any atom is -0.389 e. The summed E-state index contributed by atoms with van der Waals surface area (Å²) in [6.07, 6.45) is 1.22. The summed E-state index contributed by atoms with van der Waals surface area (Å²) in [6.45, 7) is 3.85. The van der Waals surface area contributed by atoms with E-state index in [0.717, 1.165) is 25.2 Å². The third-order valence-corrected chi connectivity index (χ3v) is 4.07. The zero-order valence-corrected chi connectivity index (χ0v) is 12.9. The number of halogens is 1. The summed E-state index contributed by atoms with van der Waals surface area (Å²) in [5.41, 5.74) is 6.98. The van der Waals surface area contributed by atoms with Crippen LogP contribution in [-0.4, -0.2) is 48.5 Å². The number of hydrogen-bond donors (Lipinski definition) is 1. The molecule has 1 aromatic carbocycles. The highest BCUT2D eigenvalue weighted by atomic mass is 32.1. The minimum atomic E-state index is -0.194. The molecule has 0 radical (unpaired) electrons. The molecule has 3 nitrogen and oxygen atoms in total. The Bertz CT molecular complexity index is 492. The lowest BCUT2D eigenvalue weighted by atomic mass is 10.1. The molecule has 1 saturated heterocycles. The number of hydrogen-bond acceptors (Lipinski definition) is 3. The molecule has 0 saturated carbocycles. The van der Waals surface area contributed by atoms with Crippen LogP contribution in [0.2, 0.25) is 0 Å². The molecule has 0 bridgehead atoms. The zero-order chi connectivity index (χ0) is 14.7. The average Bonchev–Trinajstić information content (AvgIpc) is 2.77. The molecule has 2 rings (SSSR count). The normalized spacial score (nSPS) is 19.7. The van der Waals surface area contributed by atoms with Crippen molar-refractivity contribution >= 4 is 17.2 Å². The molecule has 20 heavy (non-hydrogen) atoms. The smallest absolute Gasteiger partial charge is 0.127 e. The second kappa shape index (κ2) is 6.61. The van der Waals surface area contributed by atoms with E-state index in [4.69, 9.17) is 18.0 Å². The molecular weight excluding hydrogens is 273 g/mol. The summed E-state index contributed by atoms with van der Waals surface area (Å²) >= 11 is 4.94. The number of benzene rings is 1. The van der Waals surface area contributed by atoms with Gasteiger partial charge in [0.15, 0.2) is 0 Å². The first kappa shape index (κ1) is 15.4. The van der Waals surface area contributed by atoms with Gasteiger partial charge in [-0.05, 0) is 51.2 Å². The summed E-state index contributed by atoms with van der Waals surface area (Å²) in [6, 6.07) is 4.84. The van der Waals surface area contributed by atoms with Crippen LogP contribution >= 0.6 is 12.2 Å². The van der Waals surface area contributed by atoms with E-state index in [2.05, 4.69) is 16.8 Å². The van der Waals surface area contributed by atoms with E-state index in [9.17, 15) is 4.39 Å². The molecular formula is C15H22FN3S. The van der Waals surface area contributed by atoms with E-state index in [0.29, 0.717) is 23.0 Å². The van der Waals surface area contributed by atoms with Crippen LogP contribution in [0.4, 0.5) is 4.39 Å². The van der Waals surface area contributed by atoms with Gasteiger partial charge in [0.1, 0.15) is 10.8 Å². The quantitative estimate of drug-likeness (QED) is 0.840. The lowest BCUT2D eigenvalue weighted by Gasteiger charge is -2.21. The van der Waals surface area contributed by atoms with Crippen LogP contribution in [0.25, 0.3) is 0 Å². The van der Waals surface area contributed by atoms with Crippen LogP contribution in [0.1, 0.15) is 17.5 Å². The van der Waals surface area contributed by atoms with Crippen LogP contribution in [-0.2, 0) is 6.54 Å². The van der Waals surface area contributed by atoms with Gasteiger partial charge >= 0.3 is 0 Å². The van der Waals surface area contributed by atoms with Crippen LogP contribution in [0.5, 0.6) is 0 Å². The van der Waals surface area contributed by atoms with E-state index in [1.54, 1.807) is 12.1 Å². The van der Waals surface area contributed by atoms with Crippen molar-refractivity contribution in [2.45, 2.75) is 13.0 Å². The van der Waals surface area contributed by atoms with Crippen molar-refractivity contribution < 1.29 is 4.39 Å². The predicted molar refractivity (Wildman–Crippen MR) is 84.2 cm³/mol. The van der Waals surface area contributed by atoms with Crippen LogP contribution in [0, 0.1) is 11.7 Å². The molecule has 1 fully saturated rings. The van der Waals surface area contributed by atoms with Gasteiger partial charge in [-0.1, -0.05) is 12.2 Å². The molecule has 1 unspecified atom stereocenters. The van der Waals surface area contributed by atoms with E-state index in [1.807, 2.05) is 7.05 Å². The van der Waals surface area contributed by atoms with Crippen molar-refractivity contribution in [3.05, 3.63) is 35.1 Å². The molecule has 1 aliphatic rings. The van der Waals surface area contributed by atoms with Crippen LogP contribution < -0.4 is 5.73 Å². The Morgan fingerprint density at radius 2 is 2.30 bits per heavy atom. The Morgan fingerprint density at radius 3 is 2.90 bits per heavy atom. The molecule has 1 aliphatic heterocycles. The van der Waals surface area contributed by atoms with Crippen molar-refractivity contribution in [2.75, 3.05) is 33.7 Å². The molecule has 1 atom stereocenters. The second-order valence-corrected chi connectivity index (χ2v) is 6.22. The molecule has 2 N–H and O–H groups in total. The molecule has 0 spiro atoms. The van der Waals surface area contributed by atoms with Crippen molar-refractivity contribution in [1.82, 2.24) is 9.80 Å². The fourth-order valence-corrected chi connectivity index (χ4v) is 2.95. The van der Waals surface area contributed by atoms with Gasteiger partial charge in [0.2, 0.25) is 0 Å². The molecule has 0 amide bonds. The van der Waals surface area contributed by atoms with E-state index >= 15 is 0 Å². The lowest BCUT2D eigenvalue weighted by molar-refractivity contribution is 0.264. The van der Waals surface area contributed by atoms with Gasteiger partial charge in [-0.25, -0.2) is 4.39 Å². The van der Waals surface area contributed by atoms with Gasteiger partial charge in [-0.2, -0.15) is 0 Å². The first-order valence-corrected chi connectivity index (χ1v) is 7.32. The maximum atomic E-state index is 13.9. The van der Waals surface area contributed by atoms with E-state index < -0.39 is 0 Å². The Hall–Kier alpha value is -1.04. The first-order valence-electron chi connectivity index (χ1n) is 6.91. The highest BCUT2D eigenvalue weighted by Gasteiger charge is 2.21. The number of thiocarbonyl (C=S) groups is 1. The molecule has 1 aromatic rings. The van der Waals surface area contributed by atoms with Crippen molar-refractivity contribution in [3.8, 4) is 0 Å². The largest absolute Gasteiger partial charge is 0.389 e. The Kier molecular flexibility index (Phi) is 5.07. The molecule has 110 valence electrons. The van der Waals surface area contributed by atoms with Gasteiger partial charge in [0, 0.05) is 30.8 Å². The lowest BCUT2D eigenvalue weighted by Crippen LogP contribution is -2.27. The first-order chi connectivity index (χ1) is 9.45. The highest BCUT2D eigenvalue weighted by Crippen LogP contribution is 2.18. The molecule has 1 heterocycles. The number of rotatable bonds is 5. The van der Waals surface area contributed by atoms with Gasteiger partial charge in [0.25, 0.3) is 0 Å². The summed E-state index contributed by atoms with van der Waals surface area (Å²) < 4.78 is 13.9. The van der Waals surface area contributed by atoms with Gasteiger partial charge in [-0.3, -0.25) is 0 Å². The summed E-state index contributed by atoms with van der Waals surface area (Å²) in [7, 11) is 4.18. The third-order valence-electron chi connectivity index (χ3n) is 3.83. The maximum absolute atomic E-state index is 13.9. The second-order valence-electron chi connectivity index (χ2n) is 5.78. The Morgan fingerprint density at radius 1 is 1.55 bits per heavy atom.